The molecule has 3 aromatic carbocycles. The third kappa shape index (κ3) is 17.7. The van der Waals surface area contributed by atoms with Crippen LogP contribution >= 0.6 is 34.0 Å². The van der Waals surface area contributed by atoms with Crippen molar-refractivity contribution in [2.75, 3.05) is 19.6 Å². The zero-order valence-corrected chi connectivity index (χ0v) is 63.4. The molecule has 0 aliphatic carbocycles. The summed E-state index contributed by atoms with van der Waals surface area (Å²) in [5.41, 5.74) is 15.0. The molecular weight excluding hydrogens is 1350 g/mol. The molecule has 1 unspecified atom stereocenters. The number of amides is 6. The number of carbonyl (C=O) groups excluding carboxylic acids is 6. The first-order valence-corrected chi connectivity index (χ1v) is 38.0. The zero-order valence-electron chi connectivity index (χ0n) is 61.0. The Morgan fingerprint density at radius 2 is 0.637 bits per heavy atom. The van der Waals surface area contributed by atoms with Gasteiger partial charge in [-0.15, -0.1) is 34.0 Å². The van der Waals surface area contributed by atoms with Gasteiger partial charge in [-0.2, -0.15) is 0 Å². The van der Waals surface area contributed by atoms with E-state index in [4.69, 9.17) is 13.6 Å². The normalized spacial score (nSPS) is 19.9. The number of likely N-dealkylation sites (tertiary alicyclic amines) is 3. The highest BCUT2D eigenvalue weighted by molar-refractivity contribution is 7.14. The maximum atomic E-state index is 13.5. The van der Waals surface area contributed by atoms with Gasteiger partial charge in [0.15, 0.2) is 0 Å². The monoisotopic (exact) mass is 1440 g/mol. The van der Waals surface area contributed by atoms with E-state index < -0.39 is 35.9 Å². The summed E-state index contributed by atoms with van der Waals surface area (Å²) in [6.07, 6.45) is 6.60. The van der Waals surface area contributed by atoms with Crippen molar-refractivity contribution in [1.82, 2.24) is 61.1 Å². The number of aromatic nitrogens is 6. The quantitative estimate of drug-likeness (QED) is 0.0604. The SMILES string of the molecule is Cc1ncsc1-c1ccc([C@H](C)NC(=O)[C@@H]2C[C@@H](C)CN2C(=O)C(c2ccno2)C(C)C)cc1.Cc1ncsc1-c1ccc([C@H](C)NC(=O)[C@@H]2C[C@@H](C)CN2C(=O)[C@@H](c2ccno2)C(C)C)cc1.Cc1ncsc1-c1ccc([C@H](C)NC(=O)[C@@H]2C[C@@H](C)CN2C(=O)[C@H](c2ccno2)C(C)C)cc1. The number of hydrogen-bond acceptors (Lipinski definition) is 18. The molecule has 0 bridgehead atoms. The maximum Gasteiger partial charge on any atom is 0.243 e. The number of nitrogens with one attached hydrogen (secondary N) is 3. The minimum atomic E-state index is -0.492. The lowest BCUT2D eigenvalue weighted by atomic mass is 9.91. The van der Waals surface area contributed by atoms with Crippen LogP contribution in [0.15, 0.2) is 140 Å². The van der Waals surface area contributed by atoms with Crippen LogP contribution in [0.25, 0.3) is 31.3 Å². The van der Waals surface area contributed by atoms with Crippen molar-refractivity contribution in [1.29, 1.82) is 0 Å². The molecule has 3 aliphatic rings. The molecule has 102 heavy (non-hydrogen) atoms. The molecule has 12 atom stereocenters. The van der Waals surface area contributed by atoms with Crippen LogP contribution in [-0.4, -0.2) is 118 Å². The molecule has 9 heterocycles. The molecule has 24 heteroatoms. The largest absolute Gasteiger partial charge is 0.361 e. The number of thiazole rings is 3. The van der Waals surface area contributed by atoms with Crippen LogP contribution in [0, 0.1) is 56.3 Å². The van der Waals surface area contributed by atoms with E-state index in [9.17, 15) is 28.8 Å². The Labute approximate surface area is 610 Å². The molecule has 0 spiro atoms. The summed E-state index contributed by atoms with van der Waals surface area (Å²) in [4.78, 5) is 102. The van der Waals surface area contributed by atoms with Crippen molar-refractivity contribution in [3.05, 3.63) is 177 Å². The molecular formula is C78H96N12O9S3. The van der Waals surface area contributed by atoms with E-state index in [-0.39, 0.29) is 89.1 Å². The minimum Gasteiger partial charge on any atom is -0.361 e. The van der Waals surface area contributed by atoms with Gasteiger partial charge in [-0.05, 0) is 130 Å². The fourth-order valence-corrected chi connectivity index (χ4v) is 16.6. The summed E-state index contributed by atoms with van der Waals surface area (Å²) in [5.74, 6) is 0.518. The lowest BCUT2D eigenvalue weighted by Crippen LogP contribution is -2.48. The molecule has 21 nitrogen and oxygen atoms in total. The maximum absolute atomic E-state index is 13.5. The molecule has 3 fully saturated rings. The molecule has 3 N–H and O–H groups in total. The van der Waals surface area contributed by atoms with E-state index in [2.05, 4.69) is 104 Å². The summed E-state index contributed by atoms with van der Waals surface area (Å²) in [6.45, 7) is 31.8. The smallest absolute Gasteiger partial charge is 0.243 e. The van der Waals surface area contributed by atoms with Crippen LogP contribution in [0.4, 0.5) is 0 Å². The molecule has 12 rings (SSSR count). The lowest BCUT2D eigenvalue weighted by molar-refractivity contribution is -0.141. The highest BCUT2D eigenvalue weighted by atomic mass is 32.1. The van der Waals surface area contributed by atoms with Crippen molar-refractivity contribution in [3.8, 4) is 31.3 Å². The Bertz CT molecular complexity index is 3800. The third-order valence-corrected chi connectivity index (χ3v) is 22.6. The van der Waals surface area contributed by atoms with E-state index in [1.54, 1.807) is 85.5 Å². The highest BCUT2D eigenvalue weighted by Crippen LogP contribution is 2.38. The first-order chi connectivity index (χ1) is 48.8. The summed E-state index contributed by atoms with van der Waals surface area (Å²) >= 11 is 4.86. The number of nitrogens with zero attached hydrogens (tertiary/aromatic N) is 9. The molecule has 0 radical (unpaired) electrons. The van der Waals surface area contributed by atoms with Gasteiger partial charge in [-0.25, -0.2) is 15.0 Å². The third-order valence-electron chi connectivity index (χ3n) is 19.7. The van der Waals surface area contributed by atoms with Crippen molar-refractivity contribution < 1.29 is 42.3 Å². The first-order valence-electron chi connectivity index (χ1n) is 35.3. The number of hydrogen-bond donors (Lipinski definition) is 3. The second-order valence-corrected chi connectivity index (χ2v) is 31.4. The number of aryl methyl sites for hydroxylation is 3. The van der Waals surface area contributed by atoms with Crippen molar-refractivity contribution in [2.45, 2.75) is 177 Å². The van der Waals surface area contributed by atoms with Gasteiger partial charge in [-0.3, -0.25) is 28.8 Å². The van der Waals surface area contributed by atoms with Gasteiger partial charge in [0.25, 0.3) is 0 Å². The molecule has 3 saturated heterocycles. The fraction of sp³-hybridized carbons (Fsp3) is 0.462. The Morgan fingerprint density at radius 3 is 0.833 bits per heavy atom. The van der Waals surface area contributed by atoms with Crippen LogP contribution in [0.1, 0.15) is 189 Å². The van der Waals surface area contributed by atoms with Crippen LogP contribution in [0.3, 0.4) is 0 Å². The van der Waals surface area contributed by atoms with E-state index in [1.165, 1.54) is 0 Å². The Balaban J connectivity index is 0.000000165. The molecule has 6 aromatic heterocycles. The van der Waals surface area contributed by atoms with Crippen molar-refractivity contribution in [2.24, 2.45) is 35.5 Å². The van der Waals surface area contributed by atoms with Gasteiger partial charge >= 0.3 is 0 Å². The van der Waals surface area contributed by atoms with Gasteiger partial charge < -0.3 is 44.2 Å². The topological polar surface area (TPSA) is 265 Å². The van der Waals surface area contributed by atoms with Crippen molar-refractivity contribution in [3.63, 3.8) is 0 Å². The van der Waals surface area contributed by atoms with Gasteiger partial charge in [0.05, 0.1) is 85.0 Å². The zero-order chi connectivity index (χ0) is 73.2. The number of rotatable bonds is 21. The predicted octanol–water partition coefficient (Wildman–Crippen LogP) is 14.9. The second-order valence-electron chi connectivity index (χ2n) is 28.8. The molecule has 9 aromatic rings. The average Bonchev–Trinajstić information content (AvgIpc) is 1.63. The Morgan fingerprint density at radius 1 is 0.392 bits per heavy atom. The Kier molecular flexibility index (Phi) is 25.1. The predicted molar refractivity (Wildman–Crippen MR) is 397 cm³/mol. The van der Waals surface area contributed by atoms with E-state index in [1.807, 2.05) is 136 Å². The van der Waals surface area contributed by atoms with E-state index >= 15 is 0 Å². The van der Waals surface area contributed by atoms with Crippen LogP contribution < -0.4 is 16.0 Å². The highest BCUT2D eigenvalue weighted by Gasteiger charge is 2.46. The minimum absolute atomic E-state index is 0.0275. The van der Waals surface area contributed by atoms with Gasteiger partial charge in [-0.1, -0.05) is 151 Å². The van der Waals surface area contributed by atoms with Gasteiger partial charge in [0, 0.05) is 37.8 Å². The molecule has 3 aliphatic heterocycles. The number of carbonyl (C=O) groups is 6. The Hall–Kier alpha value is -9.00. The van der Waals surface area contributed by atoms with E-state index in [0.717, 1.165) is 65.1 Å². The van der Waals surface area contributed by atoms with Crippen molar-refractivity contribution >= 4 is 69.5 Å². The summed E-state index contributed by atoms with van der Waals surface area (Å²) < 4.78 is 16.0. The van der Waals surface area contributed by atoms with Gasteiger partial charge in [0.1, 0.15) is 53.2 Å². The van der Waals surface area contributed by atoms with Crippen LogP contribution in [0.2, 0.25) is 0 Å². The summed E-state index contributed by atoms with van der Waals surface area (Å²) in [6, 6.07) is 27.8. The second kappa shape index (κ2) is 33.9. The molecule has 540 valence electrons. The van der Waals surface area contributed by atoms with E-state index in [0.29, 0.717) is 56.2 Å². The first kappa shape index (κ1) is 75.7. The molecule has 0 saturated carbocycles. The van der Waals surface area contributed by atoms with Gasteiger partial charge in [0.2, 0.25) is 35.4 Å². The lowest BCUT2D eigenvalue weighted by Gasteiger charge is -2.29. The van der Waals surface area contributed by atoms with Crippen LogP contribution in [0.5, 0.6) is 0 Å². The average molecular weight is 1440 g/mol. The molecule has 6 amide bonds. The summed E-state index contributed by atoms with van der Waals surface area (Å²) in [5, 5.41) is 20.7. The standard InChI is InChI=1S/3C26H32N4O3S/c3*1-15(2)23(22-10-11-28-33-22)26(32)30-13-16(3)12-21(30)25(31)29-17(4)19-6-8-20(9-7-19)24-18(5)27-14-34-24/h3*6-11,14-17,21,23H,12-13H2,1-5H3,(H,29,31)/t16-,17+,21+,23?;16-,17+,21+,23+;16-,17+,21+,23-/m111/s1. The number of benzene rings is 3. The fourth-order valence-electron chi connectivity index (χ4n) is 14.2. The van der Waals surface area contributed by atoms with Crippen LogP contribution in [-0.2, 0) is 28.8 Å². The summed E-state index contributed by atoms with van der Waals surface area (Å²) in [7, 11) is 0.